The lowest BCUT2D eigenvalue weighted by Gasteiger charge is -2.36. The summed E-state index contributed by atoms with van der Waals surface area (Å²) in [6, 6.07) is 11.3. The highest BCUT2D eigenvalue weighted by atomic mass is 35.5. The number of benzene rings is 1. The standard InChI is InChI=1S/C18H19ClN4O.CH2O2/c19-17-6-5-16-13(11-20-18(16)21-17)12-22-7-9-23(10-8-22)14-1-3-15(24)4-2-14;2-1-3/h1-6,11,24H,7-10,12H2,(H,20,21);1H,(H,2,3). The molecular weight excluding hydrogens is 368 g/mol. The summed E-state index contributed by atoms with van der Waals surface area (Å²) in [4.78, 5) is 20.7. The van der Waals surface area contributed by atoms with Gasteiger partial charge in [0.2, 0.25) is 0 Å². The van der Waals surface area contributed by atoms with E-state index < -0.39 is 0 Å². The molecule has 3 aromatic rings. The van der Waals surface area contributed by atoms with Crippen LogP contribution in [0.15, 0.2) is 42.6 Å². The molecule has 7 nitrogen and oxygen atoms in total. The highest BCUT2D eigenvalue weighted by Crippen LogP contribution is 2.23. The van der Waals surface area contributed by atoms with Gasteiger partial charge in [-0.3, -0.25) is 9.69 Å². The molecule has 3 heterocycles. The van der Waals surface area contributed by atoms with Crippen molar-refractivity contribution in [3.8, 4) is 5.75 Å². The number of rotatable bonds is 3. The molecular formula is C19H21ClN4O3. The van der Waals surface area contributed by atoms with Gasteiger partial charge >= 0.3 is 0 Å². The van der Waals surface area contributed by atoms with Gasteiger partial charge in [-0.15, -0.1) is 0 Å². The van der Waals surface area contributed by atoms with E-state index in [0.717, 1.165) is 43.8 Å². The largest absolute Gasteiger partial charge is 0.508 e. The van der Waals surface area contributed by atoms with Gasteiger partial charge in [-0.2, -0.15) is 0 Å². The number of piperazine rings is 1. The van der Waals surface area contributed by atoms with Gasteiger partial charge in [-0.1, -0.05) is 11.6 Å². The number of anilines is 1. The first kappa shape index (κ1) is 19.0. The molecule has 0 atom stereocenters. The maximum absolute atomic E-state index is 9.40. The molecule has 1 saturated heterocycles. The Labute approximate surface area is 161 Å². The lowest BCUT2D eigenvalue weighted by molar-refractivity contribution is -0.122. The number of pyridine rings is 1. The molecule has 1 aliphatic rings. The summed E-state index contributed by atoms with van der Waals surface area (Å²) < 4.78 is 0. The second kappa shape index (κ2) is 8.75. The maximum Gasteiger partial charge on any atom is 0.290 e. The molecule has 2 aromatic heterocycles. The van der Waals surface area contributed by atoms with E-state index >= 15 is 0 Å². The summed E-state index contributed by atoms with van der Waals surface area (Å²) in [5.74, 6) is 0.311. The average Bonchev–Trinajstić information content (AvgIpc) is 3.05. The normalized spacial score (nSPS) is 14.6. The minimum Gasteiger partial charge on any atom is -0.508 e. The summed E-state index contributed by atoms with van der Waals surface area (Å²) in [6.45, 7) is 4.64. The molecule has 1 aliphatic heterocycles. The molecule has 27 heavy (non-hydrogen) atoms. The zero-order chi connectivity index (χ0) is 19.2. The van der Waals surface area contributed by atoms with Crippen molar-refractivity contribution in [1.29, 1.82) is 0 Å². The number of halogens is 1. The van der Waals surface area contributed by atoms with E-state index in [1.807, 2.05) is 30.5 Å². The molecule has 1 aromatic carbocycles. The monoisotopic (exact) mass is 388 g/mol. The van der Waals surface area contributed by atoms with Crippen molar-refractivity contribution in [1.82, 2.24) is 14.9 Å². The zero-order valence-electron chi connectivity index (χ0n) is 14.7. The van der Waals surface area contributed by atoms with Gasteiger partial charge in [0.25, 0.3) is 6.47 Å². The Morgan fingerprint density at radius 3 is 2.44 bits per heavy atom. The van der Waals surface area contributed by atoms with Gasteiger partial charge in [-0.25, -0.2) is 4.98 Å². The summed E-state index contributed by atoms with van der Waals surface area (Å²) in [5.41, 5.74) is 3.27. The number of carbonyl (C=O) groups is 1. The van der Waals surface area contributed by atoms with E-state index in [2.05, 4.69) is 19.8 Å². The topological polar surface area (TPSA) is 92.7 Å². The lowest BCUT2D eigenvalue weighted by atomic mass is 10.2. The van der Waals surface area contributed by atoms with Crippen LogP contribution >= 0.6 is 11.6 Å². The first-order valence-corrected chi connectivity index (χ1v) is 8.95. The van der Waals surface area contributed by atoms with Crippen molar-refractivity contribution in [3.05, 3.63) is 53.3 Å². The number of carboxylic acid groups (broad SMARTS) is 1. The quantitative estimate of drug-likeness (QED) is 0.472. The zero-order valence-corrected chi connectivity index (χ0v) is 15.4. The summed E-state index contributed by atoms with van der Waals surface area (Å²) in [5, 5.41) is 17.9. The van der Waals surface area contributed by atoms with Crippen LogP contribution in [0, 0.1) is 0 Å². The van der Waals surface area contributed by atoms with Crippen LogP contribution in [0.4, 0.5) is 5.69 Å². The Hall–Kier alpha value is -2.77. The molecule has 0 radical (unpaired) electrons. The maximum atomic E-state index is 9.40. The fourth-order valence-corrected chi connectivity index (χ4v) is 3.38. The Morgan fingerprint density at radius 2 is 1.78 bits per heavy atom. The van der Waals surface area contributed by atoms with Crippen molar-refractivity contribution < 1.29 is 15.0 Å². The minimum absolute atomic E-state index is 0.250. The number of nitrogens with one attached hydrogen (secondary N) is 1. The smallest absolute Gasteiger partial charge is 0.290 e. The van der Waals surface area contributed by atoms with Gasteiger partial charge in [-0.05, 0) is 42.0 Å². The number of aromatic nitrogens is 2. The SMILES string of the molecule is O=CO.Oc1ccc(N2CCN(Cc3c[nH]c4nc(Cl)ccc34)CC2)cc1. The van der Waals surface area contributed by atoms with Gasteiger partial charge in [0.1, 0.15) is 16.5 Å². The van der Waals surface area contributed by atoms with Crippen molar-refractivity contribution >= 4 is 34.8 Å². The number of phenols is 1. The Balaban J connectivity index is 0.000000659. The molecule has 1 fully saturated rings. The van der Waals surface area contributed by atoms with Crippen LogP contribution in [0.3, 0.4) is 0 Å². The molecule has 142 valence electrons. The third-order valence-electron chi connectivity index (χ3n) is 4.57. The molecule has 8 heteroatoms. The summed E-state index contributed by atoms with van der Waals surface area (Å²) in [7, 11) is 0. The number of aromatic hydroxyl groups is 1. The van der Waals surface area contributed by atoms with Crippen LogP contribution in [0.5, 0.6) is 5.75 Å². The van der Waals surface area contributed by atoms with Crippen molar-refractivity contribution in [2.24, 2.45) is 0 Å². The number of aromatic amines is 1. The summed E-state index contributed by atoms with van der Waals surface area (Å²) in [6.07, 6.45) is 2.03. The molecule has 0 aliphatic carbocycles. The van der Waals surface area contributed by atoms with Crippen molar-refractivity contribution in [2.75, 3.05) is 31.1 Å². The molecule has 0 spiro atoms. The van der Waals surface area contributed by atoms with E-state index in [-0.39, 0.29) is 6.47 Å². The van der Waals surface area contributed by atoms with E-state index in [9.17, 15) is 5.11 Å². The predicted octanol–water partition coefficient (Wildman–Crippen LogP) is 2.94. The molecule has 0 amide bonds. The van der Waals surface area contributed by atoms with Crippen LogP contribution in [-0.4, -0.2) is 57.7 Å². The van der Waals surface area contributed by atoms with E-state index in [4.69, 9.17) is 21.5 Å². The van der Waals surface area contributed by atoms with Crippen LogP contribution in [-0.2, 0) is 11.3 Å². The van der Waals surface area contributed by atoms with E-state index in [1.165, 1.54) is 11.3 Å². The second-order valence-corrected chi connectivity index (χ2v) is 6.62. The summed E-state index contributed by atoms with van der Waals surface area (Å²) >= 11 is 5.94. The van der Waals surface area contributed by atoms with Gasteiger partial charge in [0.05, 0.1) is 0 Å². The predicted molar refractivity (Wildman–Crippen MR) is 105 cm³/mol. The highest BCUT2D eigenvalue weighted by Gasteiger charge is 2.18. The number of phenolic OH excluding ortho intramolecular Hbond substituents is 1. The van der Waals surface area contributed by atoms with Gasteiger partial charge in [0, 0.05) is 50.0 Å². The number of hydrogen-bond acceptors (Lipinski definition) is 5. The number of H-pyrrole nitrogens is 1. The second-order valence-electron chi connectivity index (χ2n) is 6.23. The first-order chi connectivity index (χ1) is 13.1. The van der Waals surface area contributed by atoms with Gasteiger partial charge < -0.3 is 20.1 Å². The van der Waals surface area contributed by atoms with Crippen LogP contribution in [0.25, 0.3) is 11.0 Å². The Bertz CT molecular complexity index is 890. The number of hydrogen-bond donors (Lipinski definition) is 3. The van der Waals surface area contributed by atoms with E-state index in [0.29, 0.717) is 10.9 Å². The van der Waals surface area contributed by atoms with Crippen LogP contribution < -0.4 is 4.90 Å². The first-order valence-electron chi connectivity index (χ1n) is 8.57. The third-order valence-corrected chi connectivity index (χ3v) is 4.78. The van der Waals surface area contributed by atoms with Crippen molar-refractivity contribution in [2.45, 2.75) is 6.54 Å². The average molecular weight is 389 g/mol. The van der Waals surface area contributed by atoms with Crippen molar-refractivity contribution in [3.63, 3.8) is 0 Å². The molecule has 4 rings (SSSR count). The van der Waals surface area contributed by atoms with Gasteiger partial charge in [0.15, 0.2) is 0 Å². The van der Waals surface area contributed by atoms with Crippen LogP contribution in [0.1, 0.15) is 5.56 Å². The highest BCUT2D eigenvalue weighted by molar-refractivity contribution is 6.29. The molecule has 3 N–H and O–H groups in total. The van der Waals surface area contributed by atoms with E-state index in [1.54, 1.807) is 12.1 Å². The minimum atomic E-state index is -0.250. The Kier molecular flexibility index (Phi) is 6.16. The lowest BCUT2D eigenvalue weighted by Crippen LogP contribution is -2.45. The fourth-order valence-electron chi connectivity index (χ4n) is 3.24. The third kappa shape index (κ3) is 4.69. The molecule has 0 bridgehead atoms. The van der Waals surface area contributed by atoms with Crippen LogP contribution in [0.2, 0.25) is 5.15 Å². The molecule has 0 unspecified atom stereocenters. The fraction of sp³-hybridized carbons (Fsp3) is 0.263. The molecule has 0 saturated carbocycles. The number of nitrogens with zero attached hydrogens (tertiary/aromatic N) is 3. The number of fused-ring (bicyclic) bond motifs is 1. The Morgan fingerprint density at radius 1 is 1.11 bits per heavy atom.